The first-order valence-corrected chi connectivity index (χ1v) is 13.5. The second-order valence-electron chi connectivity index (χ2n) is 9.24. The van der Waals surface area contributed by atoms with Crippen LogP contribution in [-0.2, 0) is 33.5 Å². The monoisotopic (exact) mass is 527 g/mol. The molecule has 0 radical (unpaired) electrons. The van der Waals surface area contributed by atoms with Crippen molar-refractivity contribution < 1.29 is 28.6 Å². The molecule has 2 aromatic rings. The van der Waals surface area contributed by atoms with Crippen LogP contribution in [0.15, 0.2) is 42.6 Å². The molecule has 10 heteroatoms. The molecule has 1 aromatic heterocycles. The van der Waals surface area contributed by atoms with E-state index in [4.69, 9.17) is 14.2 Å². The Bertz CT molecular complexity index is 1070. The molecule has 9 nitrogen and oxygen atoms in total. The van der Waals surface area contributed by atoms with Crippen molar-refractivity contribution in [2.45, 2.75) is 50.4 Å². The van der Waals surface area contributed by atoms with Gasteiger partial charge in [-0.25, -0.2) is 9.69 Å². The number of rotatable bonds is 10. The van der Waals surface area contributed by atoms with Crippen molar-refractivity contribution in [3.05, 3.63) is 59.4 Å². The lowest BCUT2D eigenvalue weighted by Gasteiger charge is -2.28. The minimum atomic E-state index is -0.854. The lowest BCUT2D eigenvalue weighted by Crippen LogP contribution is -2.37. The van der Waals surface area contributed by atoms with Gasteiger partial charge < -0.3 is 19.1 Å². The Hall–Kier alpha value is -3.11. The fraction of sp³-hybridized carbons (Fsp3) is 0.481. The molecular formula is C27H33N3O6S. The summed E-state index contributed by atoms with van der Waals surface area (Å²) in [5.74, 6) is 0.359. The lowest BCUT2D eigenvalue weighted by atomic mass is 10.1. The first-order chi connectivity index (χ1) is 17.9. The zero-order chi connectivity index (χ0) is 26.2. The third-order valence-electron chi connectivity index (χ3n) is 6.51. The zero-order valence-corrected chi connectivity index (χ0v) is 22.1. The van der Waals surface area contributed by atoms with Crippen molar-refractivity contribution in [3.63, 3.8) is 0 Å². The number of likely N-dealkylation sites (tertiary alicyclic amines) is 1. The number of piperidine rings is 1. The third kappa shape index (κ3) is 7.69. The molecule has 2 aliphatic heterocycles. The quantitative estimate of drug-likeness (QED) is 0.423. The van der Waals surface area contributed by atoms with Gasteiger partial charge in [0.25, 0.3) is 5.24 Å². The second-order valence-corrected chi connectivity index (χ2v) is 10.4. The number of benzene rings is 1. The van der Waals surface area contributed by atoms with Gasteiger partial charge in [0.15, 0.2) is 6.73 Å². The SMILES string of the molecule is CCc1ccc(CCOc2ccc(CC3SC(=O)N(COC(=O)OC4CCN(C)CC4)C3=O)cc2)nc1. The molecule has 0 N–H and O–H groups in total. The van der Waals surface area contributed by atoms with E-state index in [-0.39, 0.29) is 12.0 Å². The lowest BCUT2D eigenvalue weighted by molar-refractivity contribution is -0.129. The molecule has 0 aliphatic carbocycles. The molecule has 1 atom stereocenters. The van der Waals surface area contributed by atoms with Gasteiger partial charge in [-0.15, -0.1) is 0 Å². The van der Waals surface area contributed by atoms with Crippen LogP contribution in [0.25, 0.3) is 0 Å². The number of aromatic nitrogens is 1. The zero-order valence-electron chi connectivity index (χ0n) is 21.3. The van der Waals surface area contributed by atoms with Crippen LogP contribution >= 0.6 is 11.8 Å². The number of pyridine rings is 1. The fourth-order valence-corrected chi connectivity index (χ4v) is 5.17. The number of carbonyl (C=O) groups excluding carboxylic acids is 3. The predicted octanol–water partition coefficient (Wildman–Crippen LogP) is 4.08. The summed E-state index contributed by atoms with van der Waals surface area (Å²) in [4.78, 5) is 44.7. The molecule has 4 rings (SSSR count). The molecule has 0 bridgehead atoms. The Morgan fingerprint density at radius 2 is 1.81 bits per heavy atom. The van der Waals surface area contributed by atoms with Gasteiger partial charge in [-0.1, -0.05) is 36.9 Å². The van der Waals surface area contributed by atoms with Crippen molar-refractivity contribution in [2.24, 2.45) is 0 Å². The Morgan fingerprint density at radius 1 is 1.08 bits per heavy atom. The maximum atomic E-state index is 12.8. The van der Waals surface area contributed by atoms with Crippen LogP contribution in [0.3, 0.4) is 0 Å². The smallest absolute Gasteiger partial charge is 0.493 e. The number of hydrogen-bond donors (Lipinski definition) is 0. The Morgan fingerprint density at radius 3 is 2.49 bits per heavy atom. The van der Waals surface area contributed by atoms with Crippen molar-refractivity contribution in [1.29, 1.82) is 0 Å². The van der Waals surface area contributed by atoms with Gasteiger partial charge in [-0.05, 0) is 62.1 Å². The molecule has 0 spiro atoms. The molecule has 37 heavy (non-hydrogen) atoms. The maximum Gasteiger partial charge on any atom is 0.510 e. The molecule has 1 aromatic carbocycles. The number of amides is 2. The van der Waals surface area contributed by atoms with Crippen LogP contribution in [-0.4, -0.2) is 76.9 Å². The van der Waals surface area contributed by atoms with Crippen LogP contribution in [0.1, 0.15) is 36.6 Å². The van der Waals surface area contributed by atoms with Gasteiger partial charge in [0.2, 0.25) is 5.91 Å². The first kappa shape index (κ1) is 26.9. The van der Waals surface area contributed by atoms with E-state index in [0.717, 1.165) is 66.0 Å². The summed E-state index contributed by atoms with van der Waals surface area (Å²) >= 11 is 0.944. The van der Waals surface area contributed by atoms with Crippen LogP contribution in [0.4, 0.5) is 9.59 Å². The number of hydrogen-bond acceptors (Lipinski definition) is 9. The van der Waals surface area contributed by atoms with E-state index < -0.39 is 23.4 Å². The standard InChI is InChI=1S/C27H33N3O6S/c1-3-19-4-7-21(28-17-19)12-15-34-22-8-5-20(6-9-22)16-24-25(31)30(26(32)37-24)18-35-27(33)36-23-10-13-29(2)14-11-23/h4-9,17,23-24H,3,10-16,18H2,1-2H3. The number of ether oxygens (including phenoxy) is 3. The van der Waals surface area contributed by atoms with E-state index in [1.807, 2.05) is 43.6 Å². The Kier molecular flexibility index (Phi) is 9.40. The summed E-state index contributed by atoms with van der Waals surface area (Å²) in [5.41, 5.74) is 3.10. The third-order valence-corrected chi connectivity index (χ3v) is 7.59. The van der Waals surface area contributed by atoms with E-state index >= 15 is 0 Å². The summed E-state index contributed by atoms with van der Waals surface area (Å²) in [6, 6.07) is 11.6. The highest BCUT2D eigenvalue weighted by Crippen LogP contribution is 2.30. The van der Waals surface area contributed by atoms with Gasteiger partial charge in [0, 0.05) is 31.4 Å². The van der Waals surface area contributed by atoms with Crippen LogP contribution in [0, 0.1) is 0 Å². The highest BCUT2D eigenvalue weighted by Gasteiger charge is 2.40. The second kappa shape index (κ2) is 12.9. The molecule has 2 fully saturated rings. The molecule has 2 aliphatic rings. The summed E-state index contributed by atoms with van der Waals surface area (Å²) in [6.07, 6.45) is 4.38. The molecule has 3 heterocycles. The molecule has 2 saturated heterocycles. The molecule has 2 amide bonds. The van der Waals surface area contributed by atoms with E-state index in [9.17, 15) is 14.4 Å². The fourth-order valence-electron chi connectivity index (χ4n) is 4.16. The molecule has 198 valence electrons. The average molecular weight is 528 g/mol. The predicted molar refractivity (Wildman–Crippen MR) is 140 cm³/mol. The number of carbonyl (C=O) groups is 3. The highest BCUT2D eigenvalue weighted by atomic mass is 32.2. The van der Waals surface area contributed by atoms with Gasteiger partial charge in [-0.3, -0.25) is 14.6 Å². The van der Waals surface area contributed by atoms with Crippen molar-refractivity contribution in [1.82, 2.24) is 14.8 Å². The summed E-state index contributed by atoms with van der Waals surface area (Å²) < 4.78 is 16.2. The maximum absolute atomic E-state index is 12.8. The van der Waals surface area contributed by atoms with Gasteiger partial charge in [0.05, 0.1) is 11.9 Å². The van der Waals surface area contributed by atoms with Crippen molar-refractivity contribution in [3.8, 4) is 5.75 Å². The van der Waals surface area contributed by atoms with E-state index in [1.165, 1.54) is 5.56 Å². The van der Waals surface area contributed by atoms with Crippen molar-refractivity contribution >= 4 is 29.1 Å². The Labute approximate surface area is 221 Å². The number of nitrogens with zero attached hydrogens (tertiary/aromatic N) is 3. The first-order valence-electron chi connectivity index (χ1n) is 12.6. The van der Waals surface area contributed by atoms with E-state index in [1.54, 1.807) is 0 Å². The number of imide groups is 1. The minimum Gasteiger partial charge on any atom is -0.493 e. The molecule has 0 saturated carbocycles. The number of aryl methyl sites for hydroxylation is 1. The summed E-state index contributed by atoms with van der Waals surface area (Å²) in [6.45, 7) is 3.87. The largest absolute Gasteiger partial charge is 0.510 e. The summed E-state index contributed by atoms with van der Waals surface area (Å²) in [7, 11) is 2.02. The van der Waals surface area contributed by atoms with Crippen molar-refractivity contribution in [2.75, 3.05) is 33.5 Å². The van der Waals surface area contributed by atoms with Crippen LogP contribution in [0.5, 0.6) is 5.75 Å². The normalized spacial score (nSPS) is 18.8. The van der Waals surface area contributed by atoms with E-state index in [0.29, 0.717) is 19.4 Å². The van der Waals surface area contributed by atoms with Crippen LogP contribution in [0.2, 0.25) is 0 Å². The molecular weight excluding hydrogens is 494 g/mol. The van der Waals surface area contributed by atoms with Gasteiger partial charge in [0.1, 0.15) is 11.9 Å². The van der Waals surface area contributed by atoms with Crippen LogP contribution < -0.4 is 4.74 Å². The van der Waals surface area contributed by atoms with Gasteiger partial charge in [-0.2, -0.15) is 0 Å². The van der Waals surface area contributed by atoms with Gasteiger partial charge >= 0.3 is 6.16 Å². The van der Waals surface area contributed by atoms with E-state index in [2.05, 4.69) is 22.9 Å². The minimum absolute atomic E-state index is 0.202. The number of thioether (sulfide) groups is 1. The summed E-state index contributed by atoms with van der Waals surface area (Å²) in [5, 5.41) is -0.993. The average Bonchev–Trinajstić information content (AvgIpc) is 3.17. The topological polar surface area (TPSA) is 98.3 Å². The Balaban J connectivity index is 1.19. The highest BCUT2D eigenvalue weighted by molar-refractivity contribution is 8.15. The molecule has 1 unspecified atom stereocenters.